The number of hydrogen-bond donors (Lipinski definition) is 1. The summed E-state index contributed by atoms with van der Waals surface area (Å²) in [6, 6.07) is 11.6. The van der Waals surface area contributed by atoms with Crippen molar-refractivity contribution >= 4 is 17.1 Å². The van der Waals surface area contributed by atoms with E-state index in [-0.39, 0.29) is 11.3 Å². The molecule has 0 aliphatic rings. The third kappa shape index (κ3) is 2.84. The summed E-state index contributed by atoms with van der Waals surface area (Å²) in [5, 5.41) is 22.4. The van der Waals surface area contributed by atoms with Gasteiger partial charge in [-0.25, -0.2) is 4.39 Å². The number of rotatable bonds is 3. The lowest BCUT2D eigenvalue weighted by Gasteiger charge is -2.06. The zero-order valence-corrected chi connectivity index (χ0v) is 9.63. The van der Waals surface area contributed by atoms with Gasteiger partial charge in [0.25, 0.3) is 5.69 Å². The van der Waals surface area contributed by atoms with Crippen LogP contribution in [0.4, 0.5) is 21.5 Å². The molecule has 0 aromatic heterocycles. The molecule has 0 aliphatic heterocycles. The molecule has 19 heavy (non-hydrogen) atoms. The second-order valence-corrected chi connectivity index (χ2v) is 3.74. The summed E-state index contributed by atoms with van der Waals surface area (Å²) in [5.41, 5.74) is 0.671. The Kier molecular flexibility index (Phi) is 3.39. The van der Waals surface area contributed by atoms with E-state index in [1.165, 1.54) is 36.4 Å². The average Bonchev–Trinajstić information content (AvgIpc) is 2.38. The van der Waals surface area contributed by atoms with Gasteiger partial charge in [-0.15, -0.1) is 0 Å². The molecule has 0 heterocycles. The Hall–Kier alpha value is -2.94. The quantitative estimate of drug-likeness (QED) is 0.675. The molecule has 1 N–H and O–H groups in total. The number of nitro groups is 1. The molecule has 2 aromatic rings. The van der Waals surface area contributed by atoms with Gasteiger partial charge in [-0.3, -0.25) is 10.1 Å². The van der Waals surface area contributed by atoms with Crippen molar-refractivity contribution in [1.29, 1.82) is 5.26 Å². The number of nitriles is 1. The Morgan fingerprint density at radius 1 is 1.21 bits per heavy atom. The molecule has 6 heteroatoms. The Morgan fingerprint density at radius 3 is 2.58 bits per heavy atom. The van der Waals surface area contributed by atoms with Crippen LogP contribution in [0.5, 0.6) is 0 Å². The van der Waals surface area contributed by atoms with Crippen molar-refractivity contribution in [2.24, 2.45) is 0 Å². The maximum Gasteiger partial charge on any atom is 0.287 e. The molecule has 0 spiro atoms. The van der Waals surface area contributed by atoms with Crippen LogP contribution in [0.15, 0.2) is 42.5 Å². The first-order chi connectivity index (χ1) is 9.10. The highest BCUT2D eigenvalue weighted by atomic mass is 19.1. The van der Waals surface area contributed by atoms with E-state index in [9.17, 15) is 14.5 Å². The van der Waals surface area contributed by atoms with E-state index in [2.05, 4.69) is 5.32 Å². The predicted molar refractivity (Wildman–Crippen MR) is 67.5 cm³/mol. The summed E-state index contributed by atoms with van der Waals surface area (Å²) in [7, 11) is 0. The van der Waals surface area contributed by atoms with Crippen LogP contribution >= 0.6 is 0 Å². The second kappa shape index (κ2) is 5.14. The van der Waals surface area contributed by atoms with Crippen LogP contribution in [0.1, 0.15) is 5.56 Å². The minimum atomic E-state index is -0.621. The number of halogens is 1. The van der Waals surface area contributed by atoms with Crippen molar-refractivity contribution in [3.8, 4) is 6.07 Å². The summed E-state index contributed by atoms with van der Waals surface area (Å²) in [5.74, 6) is -0.396. The fourth-order valence-corrected chi connectivity index (χ4v) is 1.60. The summed E-state index contributed by atoms with van der Waals surface area (Å²) < 4.78 is 13.0. The van der Waals surface area contributed by atoms with Crippen LogP contribution in [-0.2, 0) is 0 Å². The zero-order chi connectivity index (χ0) is 13.8. The Balaban J connectivity index is 2.32. The van der Waals surface area contributed by atoms with Gasteiger partial charge in [-0.05, 0) is 30.3 Å². The largest absolute Gasteiger partial charge is 0.355 e. The molecule has 0 fully saturated rings. The lowest BCUT2D eigenvalue weighted by Crippen LogP contribution is -1.95. The Labute approximate surface area is 108 Å². The summed E-state index contributed by atoms with van der Waals surface area (Å²) in [4.78, 5) is 10.1. The van der Waals surface area contributed by atoms with Gasteiger partial charge in [0.05, 0.1) is 4.92 Å². The molecule has 0 saturated carbocycles. The summed E-state index contributed by atoms with van der Waals surface area (Å²) in [6.45, 7) is 0. The second-order valence-electron chi connectivity index (χ2n) is 3.74. The molecule has 94 valence electrons. The number of hydrogen-bond acceptors (Lipinski definition) is 4. The van der Waals surface area contributed by atoms with Crippen LogP contribution in [0.2, 0.25) is 0 Å². The Morgan fingerprint density at radius 2 is 1.95 bits per heavy atom. The van der Waals surface area contributed by atoms with Crippen molar-refractivity contribution in [2.45, 2.75) is 0 Å². The lowest BCUT2D eigenvalue weighted by molar-refractivity contribution is -0.385. The molecule has 2 aromatic carbocycles. The molecule has 5 nitrogen and oxygen atoms in total. The summed E-state index contributed by atoms with van der Waals surface area (Å²) >= 11 is 0. The van der Waals surface area contributed by atoms with Crippen LogP contribution in [0, 0.1) is 27.3 Å². The zero-order valence-electron chi connectivity index (χ0n) is 9.63. The first-order valence-corrected chi connectivity index (χ1v) is 5.31. The molecule has 0 saturated heterocycles. The van der Waals surface area contributed by atoms with Crippen molar-refractivity contribution < 1.29 is 9.31 Å². The molecular weight excluding hydrogens is 249 g/mol. The lowest BCUT2D eigenvalue weighted by atomic mass is 10.1. The summed E-state index contributed by atoms with van der Waals surface area (Å²) in [6.07, 6.45) is 0. The van der Waals surface area contributed by atoms with Crippen LogP contribution in [0.25, 0.3) is 0 Å². The van der Waals surface area contributed by atoms with E-state index in [1.54, 1.807) is 12.1 Å². The van der Waals surface area contributed by atoms with E-state index < -0.39 is 10.7 Å². The normalized spacial score (nSPS) is 9.68. The van der Waals surface area contributed by atoms with Crippen molar-refractivity contribution in [3.63, 3.8) is 0 Å². The van der Waals surface area contributed by atoms with Gasteiger partial charge in [-0.2, -0.15) is 5.26 Å². The van der Waals surface area contributed by atoms with Crippen LogP contribution < -0.4 is 5.32 Å². The van der Waals surface area contributed by atoms with Crippen LogP contribution in [0.3, 0.4) is 0 Å². The van der Waals surface area contributed by atoms with E-state index >= 15 is 0 Å². The van der Waals surface area contributed by atoms with Gasteiger partial charge < -0.3 is 5.32 Å². The topological polar surface area (TPSA) is 79.0 Å². The van der Waals surface area contributed by atoms with E-state index in [1.807, 2.05) is 0 Å². The molecule has 0 radical (unpaired) electrons. The highest BCUT2D eigenvalue weighted by molar-refractivity contribution is 5.65. The van der Waals surface area contributed by atoms with Gasteiger partial charge in [0.1, 0.15) is 17.4 Å². The highest BCUT2D eigenvalue weighted by Crippen LogP contribution is 2.24. The third-order valence-electron chi connectivity index (χ3n) is 2.43. The number of nitro benzene ring substituents is 1. The van der Waals surface area contributed by atoms with Gasteiger partial charge in [0.15, 0.2) is 0 Å². The average molecular weight is 257 g/mol. The first kappa shape index (κ1) is 12.5. The SMILES string of the molecule is N#Cc1cc(Nc2cccc(F)c2)ccc1[N+](=O)[O-]. The van der Waals surface area contributed by atoms with Gasteiger partial charge in [-0.1, -0.05) is 6.07 Å². The number of nitrogens with one attached hydrogen (secondary N) is 1. The van der Waals surface area contributed by atoms with E-state index in [0.717, 1.165) is 0 Å². The number of anilines is 2. The van der Waals surface area contributed by atoms with Crippen LogP contribution in [-0.4, -0.2) is 4.92 Å². The Bertz CT molecular complexity index is 680. The van der Waals surface area contributed by atoms with Crippen molar-refractivity contribution in [1.82, 2.24) is 0 Å². The van der Waals surface area contributed by atoms with E-state index in [4.69, 9.17) is 5.26 Å². The number of benzene rings is 2. The molecule has 0 amide bonds. The monoisotopic (exact) mass is 257 g/mol. The molecule has 0 bridgehead atoms. The molecule has 0 unspecified atom stereocenters. The predicted octanol–water partition coefficient (Wildman–Crippen LogP) is 3.35. The minimum absolute atomic E-state index is 0.0496. The smallest absolute Gasteiger partial charge is 0.287 e. The maximum atomic E-state index is 13.0. The van der Waals surface area contributed by atoms with Crippen molar-refractivity contribution in [2.75, 3.05) is 5.32 Å². The standard InChI is InChI=1S/C13H8FN3O2/c14-10-2-1-3-11(7-10)16-12-4-5-13(17(18)19)9(6-12)8-15/h1-7,16H. The van der Waals surface area contributed by atoms with Gasteiger partial charge >= 0.3 is 0 Å². The first-order valence-electron chi connectivity index (χ1n) is 5.31. The molecular formula is C13H8FN3O2. The molecule has 0 aliphatic carbocycles. The fourth-order valence-electron chi connectivity index (χ4n) is 1.60. The fraction of sp³-hybridized carbons (Fsp3) is 0. The number of nitrogens with zero attached hydrogens (tertiary/aromatic N) is 2. The third-order valence-corrected chi connectivity index (χ3v) is 2.43. The maximum absolute atomic E-state index is 13.0. The van der Waals surface area contributed by atoms with Gasteiger partial charge in [0, 0.05) is 17.4 Å². The molecule has 0 atom stereocenters. The van der Waals surface area contributed by atoms with Gasteiger partial charge in [0.2, 0.25) is 0 Å². The molecule has 2 rings (SSSR count). The van der Waals surface area contributed by atoms with Crippen molar-refractivity contribution in [3.05, 3.63) is 64.0 Å². The highest BCUT2D eigenvalue weighted by Gasteiger charge is 2.13. The minimum Gasteiger partial charge on any atom is -0.355 e. The van der Waals surface area contributed by atoms with E-state index in [0.29, 0.717) is 11.4 Å².